The largest absolute Gasteiger partial charge is 0.497 e. The minimum atomic E-state index is 0.226. The number of allylic oxidation sites excluding steroid dienone is 1. The summed E-state index contributed by atoms with van der Waals surface area (Å²) in [5.74, 6) is 1.06. The lowest BCUT2D eigenvalue weighted by Crippen LogP contribution is -2.50. The molecule has 0 aromatic heterocycles. The second-order valence-corrected chi connectivity index (χ2v) is 4.48. The topological polar surface area (TPSA) is 29.5 Å². The number of nitrogens with zero attached hydrogens (tertiary/aromatic N) is 1. The SMILES string of the molecule is CCC=CC1CC(=O)N1Cc1cccc(OC)c1. The lowest BCUT2D eigenvalue weighted by molar-refractivity contribution is -0.144. The van der Waals surface area contributed by atoms with Crippen LogP contribution in [0.15, 0.2) is 36.4 Å². The van der Waals surface area contributed by atoms with E-state index >= 15 is 0 Å². The van der Waals surface area contributed by atoms with Gasteiger partial charge in [-0.2, -0.15) is 0 Å². The lowest BCUT2D eigenvalue weighted by atomic mass is 10.00. The predicted molar refractivity (Wildman–Crippen MR) is 71.4 cm³/mol. The summed E-state index contributed by atoms with van der Waals surface area (Å²) in [7, 11) is 1.65. The number of benzene rings is 1. The third kappa shape index (κ3) is 2.73. The van der Waals surface area contributed by atoms with Gasteiger partial charge in [0.1, 0.15) is 5.75 Å². The fourth-order valence-electron chi connectivity index (χ4n) is 2.12. The highest BCUT2D eigenvalue weighted by molar-refractivity contribution is 5.83. The normalized spacial score (nSPS) is 19.1. The lowest BCUT2D eigenvalue weighted by Gasteiger charge is -2.39. The zero-order valence-corrected chi connectivity index (χ0v) is 10.9. The highest BCUT2D eigenvalue weighted by atomic mass is 16.5. The van der Waals surface area contributed by atoms with Gasteiger partial charge in [-0.1, -0.05) is 31.2 Å². The molecule has 1 fully saturated rings. The van der Waals surface area contributed by atoms with Crippen molar-refractivity contribution >= 4 is 5.91 Å². The van der Waals surface area contributed by atoms with Gasteiger partial charge in [0.25, 0.3) is 0 Å². The minimum Gasteiger partial charge on any atom is -0.497 e. The summed E-state index contributed by atoms with van der Waals surface area (Å²) in [6, 6.07) is 8.13. The van der Waals surface area contributed by atoms with Crippen LogP contribution in [0.4, 0.5) is 0 Å². The molecular formula is C15H19NO2. The summed E-state index contributed by atoms with van der Waals surface area (Å²) in [6.45, 7) is 2.76. The van der Waals surface area contributed by atoms with Gasteiger partial charge in [-0.15, -0.1) is 0 Å². The van der Waals surface area contributed by atoms with Crippen molar-refractivity contribution in [3.8, 4) is 5.75 Å². The van der Waals surface area contributed by atoms with Gasteiger partial charge in [0.05, 0.1) is 19.6 Å². The van der Waals surface area contributed by atoms with Gasteiger partial charge in [0.2, 0.25) is 5.91 Å². The minimum absolute atomic E-state index is 0.226. The summed E-state index contributed by atoms with van der Waals surface area (Å²) >= 11 is 0. The van der Waals surface area contributed by atoms with Crippen LogP contribution in [0.25, 0.3) is 0 Å². The van der Waals surface area contributed by atoms with Crippen molar-refractivity contribution in [2.75, 3.05) is 7.11 Å². The maximum absolute atomic E-state index is 11.6. The number of hydrogen-bond donors (Lipinski definition) is 0. The number of β-lactam (4-membered cyclic amide) rings is 1. The molecule has 3 heteroatoms. The zero-order valence-electron chi connectivity index (χ0n) is 10.9. The molecule has 1 aliphatic heterocycles. The number of carbonyl (C=O) groups is 1. The Morgan fingerprint density at radius 1 is 1.50 bits per heavy atom. The number of amides is 1. The van der Waals surface area contributed by atoms with Gasteiger partial charge in [-0.05, 0) is 24.1 Å². The van der Waals surface area contributed by atoms with Crippen LogP contribution in [0, 0.1) is 0 Å². The number of hydrogen-bond acceptors (Lipinski definition) is 2. The van der Waals surface area contributed by atoms with Crippen molar-refractivity contribution in [3.63, 3.8) is 0 Å². The Balaban J connectivity index is 2.03. The van der Waals surface area contributed by atoms with E-state index in [1.807, 2.05) is 29.2 Å². The molecule has 1 aromatic carbocycles. The van der Waals surface area contributed by atoms with E-state index in [2.05, 4.69) is 19.1 Å². The molecule has 1 amide bonds. The van der Waals surface area contributed by atoms with Gasteiger partial charge in [-0.25, -0.2) is 0 Å². The van der Waals surface area contributed by atoms with E-state index in [4.69, 9.17) is 4.74 Å². The van der Waals surface area contributed by atoms with Crippen LogP contribution in [0.5, 0.6) is 5.75 Å². The monoisotopic (exact) mass is 245 g/mol. The Bertz CT molecular complexity index is 454. The summed E-state index contributed by atoms with van der Waals surface area (Å²) in [6.07, 6.45) is 5.90. The summed E-state index contributed by atoms with van der Waals surface area (Å²) in [5.41, 5.74) is 1.11. The van der Waals surface area contributed by atoms with E-state index in [0.29, 0.717) is 13.0 Å². The van der Waals surface area contributed by atoms with Crippen molar-refractivity contribution in [2.24, 2.45) is 0 Å². The smallest absolute Gasteiger partial charge is 0.225 e. The first-order chi connectivity index (χ1) is 8.74. The van der Waals surface area contributed by atoms with E-state index in [-0.39, 0.29) is 11.9 Å². The van der Waals surface area contributed by atoms with Gasteiger partial charge in [0, 0.05) is 6.54 Å². The average Bonchev–Trinajstić information content (AvgIpc) is 2.41. The van der Waals surface area contributed by atoms with Crippen molar-refractivity contribution < 1.29 is 9.53 Å². The Hall–Kier alpha value is -1.77. The average molecular weight is 245 g/mol. The molecule has 1 atom stereocenters. The van der Waals surface area contributed by atoms with E-state index in [0.717, 1.165) is 17.7 Å². The van der Waals surface area contributed by atoms with Crippen LogP contribution in [0.2, 0.25) is 0 Å². The van der Waals surface area contributed by atoms with Gasteiger partial charge >= 0.3 is 0 Å². The van der Waals surface area contributed by atoms with Crippen LogP contribution in [-0.4, -0.2) is 24.0 Å². The van der Waals surface area contributed by atoms with Crippen LogP contribution in [0.1, 0.15) is 25.3 Å². The predicted octanol–water partition coefficient (Wildman–Crippen LogP) is 2.76. The van der Waals surface area contributed by atoms with Gasteiger partial charge < -0.3 is 9.64 Å². The van der Waals surface area contributed by atoms with Crippen molar-refractivity contribution in [3.05, 3.63) is 42.0 Å². The molecule has 0 spiro atoms. The summed E-state index contributed by atoms with van der Waals surface area (Å²) in [5, 5.41) is 0. The fourth-order valence-corrected chi connectivity index (χ4v) is 2.12. The molecule has 1 aliphatic rings. The van der Waals surface area contributed by atoms with Crippen LogP contribution in [0.3, 0.4) is 0 Å². The van der Waals surface area contributed by atoms with Gasteiger partial charge in [0.15, 0.2) is 0 Å². The first kappa shape index (κ1) is 12.7. The number of rotatable bonds is 5. The molecule has 96 valence electrons. The molecule has 0 bridgehead atoms. The quantitative estimate of drug-likeness (QED) is 0.589. The van der Waals surface area contributed by atoms with E-state index in [9.17, 15) is 4.79 Å². The maximum atomic E-state index is 11.6. The first-order valence-corrected chi connectivity index (χ1v) is 6.33. The molecule has 3 nitrogen and oxygen atoms in total. The molecule has 1 heterocycles. The zero-order chi connectivity index (χ0) is 13.0. The van der Waals surface area contributed by atoms with Crippen LogP contribution < -0.4 is 4.74 Å². The molecule has 0 radical (unpaired) electrons. The molecule has 2 rings (SSSR count). The Morgan fingerprint density at radius 2 is 2.33 bits per heavy atom. The Kier molecular flexibility index (Phi) is 4.03. The maximum Gasteiger partial charge on any atom is 0.225 e. The molecule has 0 saturated carbocycles. The summed E-state index contributed by atoms with van der Waals surface area (Å²) in [4.78, 5) is 13.5. The molecule has 1 saturated heterocycles. The van der Waals surface area contributed by atoms with E-state index < -0.39 is 0 Å². The van der Waals surface area contributed by atoms with Crippen molar-refractivity contribution in [1.29, 1.82) is 0 Å². The third-order valence-electron chi connectivity index (χ3n) is 3.19. The molecule has 0 N–H and O–H groups in total. The number of likely N-dealkylation sites (tertiary alicyclic amines) is 1. The van der Waals surface area contributed by atoms with Crippen LogP contribution >= 0.6 is 0 Å². The second kappa shape index (κ2) is 5.71. The number of methoxy groups -OCH3 is 1. The fraction of sp³-hybridized carbons (Fsp3) is 0.400. The Labute approximate surface area is 108 Å². The van der Waals surface area contributed by atoms with E-state index in [1.54, 1.807) is 7.11 Å². The standard InChI is InChI=1S/C15H19NO2/c1-3-4-7-13-10-15(17)16(13)11-12-6-5-8-14(9-12)18-2/h4-9,13H,3,10-11H2,1-2H3. The second-order valence-electron chi connectivity index (χ2n) is 4.48. The Morgan fingerprint density at radius 3 is 3.00 bits per heavy atom. The highest BCUT2D eigenvalue weighted by Gasteiger charge is 2.33. The van der Waals surface area contributed by atoms with E-state index in [1.165, 1.54) is 0 Å². The first-order valence-electron chi connectivity index (χ1n) is 6.33. The van der Waals surface area contributed by atoms with Crippen LogP contribution in [-0.2, 0) is 11.3 Å². The number of carbonyl (C=O) groups excluding carboxylic acids is 1. The highest BCUT2D eigenvalue weighted by Crippen LogP contribution is 2.24. The molecule has 1 aromatic rings. The number of ether oxygens (including phenoxy) is 1. The van der Waals surface area contributed by atoms with Gasteiger partial charge in [-0.3, -0.25) is 4.79 Å². The summed E-state index contributed by atoms with van der Waals surface area (Å²) < 4.78 is 5.19. The molecule has 0 aliphatic carbocycles. The third-order valence-corrected chi connectivity index (χ3v) is 3.19. The van der Waals surface area contributed by atoms with Crippen molar-refractivity contribution in [1.82, 2.24) is 4.90 Å². The molecular weight excluding hydrogens is 226 g/mol. The molecule has 18 heavy (non-hydrogen) atoms. The molecule has 1 unspecified atom stereocenters. The van der Waals surface area contributed by atoms with Crippen molar-refractivity contribution in [2.45, 2.75) is 32.4 Å².